The summed E-state index contributed by atoms with van der Waals surface area (Å²) in [6.07, 6.45) is 1.49. The fraction of sp³-hybridized carbons (Fsp3) is 0.158. The summed E-state index contributed by atoms with van der Waals surface area (Å²) in [5.74, 6) is -0.133. The second kappa shape index (κ2) is 7.17. The van der Waals surface area contributed by atoms with Gasteiger partial charge in [0.1, 0.15) is 6.07 Å². The molecule has 136 valence electrons. The molecule has 0 saturated carbocycles. The van der Waals surface area contributed by atoms with Gasteiger partial charge in [0.15, 0.2) is 11.6 Å². The summed E-state index contributed by atoms with van der Waals surface area (Å²) in [7, 11) is 1.30. The highest BCUT2D eigenvalue weighted by molar-refractivity contribution is 5.91. The standard InChI is InChI=1S/C19H16N4O4/c1-3-22-15-7-5-4-6-14(15)21-19(22)13(11-20)8-12-9-16(23(25)26)18(24)17(10-12)27-2/h4-10,24H,3H2,1-2H3/b13-8+. The van der Waals surface area contributed by atoms with Crippen molar-refractivity contribution in [1.29, 1.82) is 5.26 Å². The highest BCUT2D eigenvalue weighted by atomic mass is 16.6. The van der Waals surface area contributed by atoms with E-state index in [0.29, 0.717) is 17.9 Å². The summed E-state index contributed by atoms with van der Waals surface area (Å²) < 4.78 is 6.90. The predicted octanol–water partition coefficient (Wildman–Crippen LogP) is 3.74. The van der Waals surface area contributed by atoms with Crippen molar-refractivity contribution in [2.24, 2.45) is 0 Å². The number of para-hydroxylation sites is 2. The number of fused-ring (bicyclic) bond motifs is 1. The Morgan fingerprint density at radius 1 is 1.44 bits per heavy atom. The Morgan fingerprint density at radius 2 is 2.19 bits per heavy atom. The number of aryl methyl sites for hydroxylation is 1. The number of phenols is 1. The molecule has 0 saturated heterocycles. The molecule has 2 aromatic carbocycles. The molecule has 1 N–H and O–H groups in total. The van der Waals surface area contributed by atoms with Gasteiger partial charge in [0, 0.05) is 12.6 Å². The van der Waals surface area contributed by atoms with Gasteiger partial charge in [-0.25, -0.2) is 4.98 Å². The smallest absolute Gasteiger partial charge is 0.315 e. The summed E-state index contributed by atoms with van der Waals surface area (Å²) in [4.78, 5) is 15.0. The molecule has 0 bridgehead atoms. The zero-order valence-corrected chi connectivity index (χ0v) is 14.7. The lowest BCUT2D eigenvalue weighted by Gasteiger charge is -2.07. The number of nitro groups is 1. The second-order valence-corrected chi connectivity index (χ2v) is 5.69. The molecule has 0 atom stereocenters. The van der Waals surface area contributed by atoms with E-state index in [1.54, 1.807) is 0 Å². The van der Waals surface area contributed by atoms with E-state index in [9.17, 15) is 20.5 Å². The Kier molecular flexibility index (Phi) is 4.77. The normalized spacial score (nSPS) is 11.4. The molecule has 1 aromatic heterocycles. The number of hydrogen-bond acceptors (Lipinski definition) is 6. The number of phenolic OH excluding ortho intramolecular Hbond substituents is 1. The fourth-order valence-corrected chi connectivity index (χ4v) is 2.91. The highest BCUT2D eigenvalue weighted by Crippen LogP contribution is 2.38. The number of rotatable bonds is 5. The number of nitriles is 1. The van der Waals surface area contributed by atoms with E-state index >= 15 is 0 Å². The number of nitro benzene ring substituents is 1. The third-order valence-electron chi connectivity index (χ3n) is 4.14. The molecular weight excluding hydrogens is 348 g/mol. The average Bonchev–Trinajstić information content (AvgIpc) is 3.05. The van der Waals surface area contributed by atoms with Gasteiger partial charge in [-0.05, 0) is 36.8 Å². The van der Waals surface area contributed by atoms with Gasteiger partial charge in [0.2, 0.25) is 5.75 Å². The minimum atomic E-state index is -0.706. The molecule has 0 radical (unpaired) electrons. The Labute approximate surface area is 154 Å². The van der Waals surface area contributed by atoms with Crippen LogP contribution in [-0.4, -0.2) is 26.7 Å². The van der Waals surface area contributed by atoms with E-state index in [1.807, 2.05) is 35.8 Å². The molecule has 3 rings (SSSR count). The van der Waals surface area contributed by atoms with Gasteiger partial charge < -0.3 is 14.4 Å². The molecule has 0 unspecified atom stereocenters. The van der Waals surface area contributed by atoms with Crippen LogP contribution in [-0.2, 0) is 6.54 Å². The number of allylic oxidation sites excluding steroid dienone is 1. The van der Waals surface area contributed by atoms with Crippen molar-refractivity contribution in [1.82, 2.24) is 9.55 Å². The first-order valence-corrected chi connectivity index (χ1v) is 8.13. The molecule has 3 aromatic rings. The second-order valence-electron chi connectivity index (χ2n) is 5.69. The van der Waals surface area contributed by atoms with Gasteiger partial charge in [-0.1, -0.05) is 12.1 Å². The van der Waals surface area contributed by atoms with Crippen LogP contribution in [0.3, 0.4) is 0 Å². The van der Waals surface area contributed by atoms with E-state index in [0.717, 1.165) is 11.0 Å². The minimum absolute atomic E-state index is 0.0447. The SMILES string of the molecule is CCn1c(/C(C#N)=C/c2cc(OC)c(O)c([N+](=O)[O-])c2)nc2ccccc21. The maximum absolute atomic E-state index is 11.2. The zero-order valence-electron chi connectivity index (χ0n) is 14.7. The quantitative estimate of drug-likeness (QED) is 0.419. The van der Waals surface area contributed by atoms with Crippen molar-refractivity contribution in [3.63, 3.8) is 0 Å². The van der Waals surface area contributed by atoms with Gasteiger partial charge in [0.25, 0.3) is 0 Å². The molecule has 0 aliphatic heterocycles. The number of ether oxygens (including phenoxy) is 1. The van der Waals surface area contributed by atoms with Gasteiger partial charge in [-0.3, -0.25) is 10.1 Å². The van der Waals surface area contributed by atoms with Crippen LogP contribution >= 0.6 is 0 Å². The summed E-state index contributed by atoms with van der Waals surface area (Å²) in [5.41, 5.74) is 1.75. The molecule has 0 fully saturated rings. The van der Waals surface area contributed by atoms with E-state index in [-0.39, 0.29) is 11.3 Å². The maximum Gasteiger partial charge on any atom is 0.315 e. The lowest BCUT2D eigenvalue weighted by Crippen LogP contribution is -2.00. The van der Waals surface area contributed by atoms with Crippen molar-refractivity contribution in [3.8, 4) is 17.6 Å². The summed E-state index contributed by atoms with van der Waals surface area (Å²) in [6, 6.07) is 12.3. The maximum atomic E-state index is 11.2. The molecule has 8 heteroatoms. The van der Waals surface area contributed by atoms with Gasteiger partial charge in [-0.2, -0.15) is 5.26 Å². The summed E-state index contributed by atoms with van der Waals surface area (Å²) in [5, 5.41) is 30.7. The summed E-state index contributed by atoms with van der Waals surface area (Å²) in [6.45, 7) is 2.55. The predicted molar refractivity (Wildman–Crippen MR) is 100 cm³/mol. The molecule has 8 nitrogen and oxygen atoms in total. The fourth-order valence-electron chi connectivity index (χ4n) is 2.91. The lowest BCUT2D eigenvalue weighted by molar-refractivity contribution is -0.386. The first-order chi connectivity index (χ1) is 13.0. The number of benzene rings is 2. The molecule has 0 amide bonds. The van der Waals surface area contributed by atoms with E-state index in [4.69, 9.17) is 4.74 Å². The first-order valence-electron chi connectivity index (χ1n) is 8.13. The van der Waals surface area contributed by atoms with Crippen LogP contribution in [0, 0.1) is 21.4 Å². The molecule has 0 aliphatic carbocycles. The Balaban J connectivity index is 2.20. The van der Waals surface area contributed by atoms with Crippen molar-refractivity contribution in [3.05, 3.63) is 57.9 Å². The highest BCUT2D eigenvalue weighted by Gasteiger charge is 2.20. The topological polar surface area (TPSA) is 114 Å². The number of aromatic hydroxyl groups is 1. The van der Waals surface area contributed by atoms with Gasteiger partial charge >= 0.3 is 5.69 Å². The van der Waals surface area contributed by atoms with Gasteiger partial charge in [-0.15, -0.1) is 0 Å². The zero-order chi connectivity index (χ0) is 19.6. The van der Waals surface area contributed by atoms with Crippen LogP contribution in [0.2, 0.25) is 0 Å². The number of methoxy groups -OCH3 is 1. The van der Waals surface area contributed by atoms with Crippen LogP contribution in [0.5, 0.6) is 11.5 Å². The van der Waals surface area contributed by atoms with Crippen LogP contribution in [0.15, 0.2) is 36.4 Å². The largest absolute Gasteiger partial charge is 0.500 e. The monoisotopic (exact) mass is 364 g/mol. The molecule has 0 aliphatic rings. The Bertz CT molecular complexity index is 1110. The number of nitrogens with zero attached hydrogens (tertiary/aromatic N) is 4. The van der Waals surface area contributed by atoms with E-state index < -0.39 is 16.4 Å². The van der Waals surface area contributed by atoms with E-state index in [1.165, 1.54) is 25.3 Å². The molecule has 0 spiro atoms. The third kappa shape index (κ3) is 3.18. The Morgan fingerprint density at radius 3 is 2.81 bits per heavy atom. The molecule has 27 heavy (non-hydrogen) atoms. The minimum Gasteiger partial charge on any atom is -0.500 e. The van der Waals surface area contributed by atoms with Crippen molar-refractivity contribution >= 4 is 28.4 Å². The first kappa shape index (κ1) is 17.9. The molecule has 1 heterocycles. The van der Waals surface area contributed by atoms with Crippen molar-refractivity contribution in [2.45, 2.75) is 13.5 Å². The Hall–Kier alpha value is -3.86. The van der Waals surface area contributed by atoms with Crippen molar-refractivity contribution in [2.75, 3.05) is 7.11 Å². The number of imidazole rings is 1. The third-order valence-corrected chi connectivity index (χ3v) is 4.14. The lowest BCUT2D eigenvalue weighted by atomic mass is 10.1. The van der Waals surface area contributed by atoms with Crippen LogP contribution in [0.4, 0.5) is 5.69 Å². The number of aromatic nitrogens is 2. The summed E-state index contributed by atoms with van der Waals surface area (Å²) >= 11 is 0. The molecular formula is C19H16N4O4. The van der Waals surface area contributed by atoms with Crippen molar-refractivity contribution < 1.29 is 14.8 Å². The van der Waals surface area contributed by atoms with E-state index in [2.05, 4.69) is 11.1 Å². The van der Waals surface area contributed by atoms with Crippen LogP contribution in [0.25, 0.3) is 22.7 Å². The van der Waals surface area contributed by atoms with Crippen LogP contribution < -0.4 is 4.74 Å². The van der Waals surface area contributed by atoms with Gasteiger partial charge in [0.05, 0.1) is 28.6 Å². The average molecular weight is 364 g/mol. The number of hydrogen-bond donors (Lipinski definition) is 1. The van der Waals surface area contributed by atoms with Crippen LogP contribution in [0.1, 0.15) is 18.3 Å².